The summed E-state index contributed by atoms with van der Waals surface area (Å²) >= 11 is 0. The number of carbonyl (C=O) groups is 1. The molecule has 0 aromatic carbocycles. The fourth-order valence-electron chi connectivity index (χ4n) is 0.280. The summed E-state index contributed by atoms with van der Waals surface area (Å²) in [6.45, 7) is 0. The van der Waals surface area contributed by atoms with Gasteiger partial charge in [0.05, 0.1) is 6.21 Å². The number of rotatable bonds is 1. The van der Waals surface area contributed by atoms with Gasteiger partial charge in [-0.3, -0.25) is 9.68 Å². The summed E-state index contributed by atoms with van der Waals surface area (Å²) in [5, 5.41) is 3.19. The molecule has 0 aliphatic carbocycles. The summed E-state index contributed by atoms with van der Waals surface area (Å²) < 4.78 is 0. The molecule has 1 aliphatic heterocycles. The van der Waals surface area contributed by atoms with Gasteiger partial charge in [-0.1, -0.05) is 0 Å². The van der Waals surface area contributed by atoms with E-state index in [1.807, 2.05) is 0 Å². The molecule has 8 heavy (non-hydrogen) atoms. The van der Waals surface area contributed by atoms with E-state index >= 15 is 0 Å². The van der Waals surface area contributed by atoms with Crippen LogP contribution in [0.1, 0.15) is 0 Å². The van der Waals surface area contributed by atoms with Crippen LogP contribution in [0.3, 0.4) is 0 Å². The summed E-state index contributed by atoms with van der Waals surface area (Å²) in [6.07, 6.45) is 3.26. The second-order valence-electron chi connectivity index (χ2n) is 1.10. The molecule has 0 saturated heterocycles. The Morgan fingerprint density at radius 2 is 2.62 bits per heavy atom. The summed E-state index contributed by atoms with van der Waals surface area (Å²) in [5.41, 5.74) is 0. The maximum atomic E-state index is 9.82. The third-order valence-electron chi connectivity index (χ3n) is 0.592. The molecular weight excluding hydrogens is 110 g/mol. The number of carbonyl (C=O) groups excluding carboxylic acids is 1. The topological polar surface area (TPSA) is 47.9 Å². The highest BCUT2D eigenvalue weighted by Crippen LogP contribution is 1.96. The Kier molecular flexibility index (Phi) is 1.27. The van der Waals surface area contributed by atoms with Crippen molar-refractivity contribution in [2.45, 2.75) is 0 Å². The molecule has 0 fully saturated rings. The van der Waals surface area contributed by atoms with Crippen LogP contribution in [0.25, 0.3) is 0 Å². The Labute approximate surface area is 45.3 Å². The van der Waals surface area contributed by atoms with Gasteiger partial charge in [-0.15, -0.1) is 0 Å². The van der Waals surface area contributed by atoms with Crippen molar-refractivity contribution in [1.29, 1.82) is 0 Å². The van der Waals surface area contributed by atoms with Crippen molar-refractivity contribution in [3.05, 3.63) is 11.8 Å². The SMILES string of the molecule is O=CC1=CC=NOO1. The van der Waals surface area contributed by atoms with E-state index in [1.54, 1.807) is 0 Å². The summed E-state index contributed by atoms with van der Waals surface area (Å²) in [7, 11) is 0. The van der Waals surface area contributed by atoms with E-state index in [1.165, 1.54) is 12.3 Å². The van der Waals surface area contributed by atoms with Crippen molar-refractivity contribution in [3.63, 3.8) is 0 Å². The number of allylic oxidation sites excluding steroid dienone is 2. The monoisotopic (exact) mass is 113 g/mol. The van der Waals surface area contributed by atoms with Crippen LogP contribution >= 0.6 is 0 Å². The molecule has 0 bridgehead atoms. The lowest BCUT2D eigenvalue weighted by Gasteiger charge is -1.98. The zero-order valence-corrected chi connectivity index (χ0v) is 3.90. The smallest absolute Gasteiger partial charge is 0.222 e. The quantitative estimate of drug-likeness (QED) is 0.355. The summed E-state index contributed by atoms with van der Waals surface area (Å²) in [6, 6.07) is 0. The first-order valence-corrected chi connectivity index (χ1v) is 1.96. The Bertz CT molecular complexity index is 149. The Morgan fingerprint density at radius 3 is 3.00 bits per heavy atom. The minimum Gasteiger partial charge on any atom is -0.294 e. The van der Waals surface area contributed by atoms with E-state index in [9.17, 15) is 4.79 Å². The van der Waals surface area contributed by atoms with Crippen LogP contribution in [0.15, 0.2) is 17.0 Å². The summed E-state index contributed by atoms with van der Waals surface area (Å²) in [4.78, 5) is 18.1. The molecule has 0 spiro atoms. The minimum atomic E-state index is 0.125. The van der Waals surface area contributed by atoms with Gasteiger partial charge in [0.25, 0.3) is 0 Å². The Morgan fingerprint density at radius 1 is 1.75 bits per heavy atom. The standard InChI is InChI=1S/C4H3NO3/c6-3-4-1-2-5-8-7-4/h1-3H. The molecule has 0 radical (unpaired) electrons. The van der Waals surface area contributed by atoms with Gasteiger partial charge >= 0.3 is 0 Å². The third kappa shape index (κ3) is 0.841. The lowest BCUT2D eigenvalue weighted by atomic mass is 10.5. The Balaban J connectivity index is 2.63. The number of nitrogens with zero attached hydrogens (tertiary/aromatic N) is 1. The predicted molar refractivity (Wildman–Crippen MR) is 24.8 cm³/mol. The molecule has 0 amide bonds. The average Bonchev–Trinajstić information content (AvgIpc) is 1.90. The van der Waals surface area contributed by atoms with E-state index in [0.717, 1.165) is 0 Å². The van der Waals surface area contributed by atoms with Crippen LogP contribution in [0, 0.1) is 0 Å². The van der Waals surface area contributed by atoms with Crippen molar-refractivity contribution in [2.24, 2.45) is 5.16 Å². The highest BCUT2D eigenvalue weighted by Gasteiger charge is 1.97. The van der Waals surface area contributed by atoms with Crippen LogP contribution in [0.5, 0.6) is 0 Å². The average molecular weight is 113 g/mol. The fourth-order valence-corrected chi connectivity index (χ4v) is 0.280. The molecule has 1 rings (SSSR count). The van der Waals surface area contributed by atoms with Crippen LogP contribution < -0.4 is 0 Å². The minimum absolute atomic E-state index is 0.125. The molecule has 0 N–H and O–H groups in total. The van der Waals surface area contributed by atoms with Gasteiger partial charge < -0.3 is 0 Å². The number of hydrogen-bond donors (Lipinski definition) is 0. The molecule has 0 aromatic heterocycles. The Hall–Kier alpha value is -1.32. The van der Waals surface area contributed by atoms with Gasteiger partial charge in [-0.05, 0) is 5.16 Å². The number of hydrogen-bond acceptors (Lipinski definition) is 4. The zero-order chi connectivity index (χ0) is 5.82. The third-order valence-corrected chi connectivity index (χ3v) is 0.592. The first-order chi connectivity index (χ1) is 3.93. The fraction of sp³-hybridized carbons (Fsp3) is 0. The molecule has 4 heteroatoms. The zero-order valence-electron chi connectivity index (χ0n) is 3.90. The maximum absolute atomic E-state index is 9.82. The molecule has 0 saturated carbocycles. The van der Waals surface area contributed by atoms with Crippen molar-refractivity contribution in [1.82, 2.24) is 0 Å². The molecule has 0 atom stereocenters. The van der Waals surface area contributed by atoms with E-state index in [4.69, 9.17) is 0 Å². The lowest BCUT2D eigenvalue weighted by Crippen LogP contribution is -1.96. The largest absolute Gasteiger partial charge is 0.294 e. The first-order valence-electron chi connectivity index (χ1n) is 1.96. The van der Waals surface area contributed by atoms with Gasteiger partial charge in [-0.25, -0.2) is 0 Å². The number of oxime groups is 1. The van der Waals surface area contributed by atoms with E-state index in [-0.39, 0.29) is 5.76 Å². The van der Waals surface area contributed by atoms with Crippen molar-refractivity contribution in [3.8, 4) is 0 Å². The van der Waals surface area contributed by atoms with Gasteiger partial charge in [0.2, 0.25) is 5.76 Å². The van der Waals surface area contributed by atoms with Gasteiger partial charge in [-0.2, -0.15) is 4.99 Å². The van der Waals surface area contributed by atoms with Crippen LogP contribution in [0.2, 0.25) is 0 Å². The second-order valence-corrected chi connectivity index (χ2v) is 1.10. The van der Waals surface area contributed by atoms with Crippen molar-refractivity contribution in [2.75, 3.05) is 0 Å². The van der Waals surface area contributed by atoms with Crippen LogP contribution in [0.4, 0.5) is 0 Å². The van der Waals surface area contributed by atoms with Gasteiger partial charge in [0, 0.05) is 6.08 Å². The highest BCUT2D eigenvalue weighted by atomic mass is 17.3. The highest BCUT2D eigenvalue weighted by molar-refractivity contribution is 5.82. The molecule has 4 nitrogen and oxygen atoms in total. The molecule has 42 valence electrons. The predicted octanol–water partition coefficient (Wildman–Crippen LogP) is 0.0168. The summed E-state index contributed by atoms with van der Waals surface area (Å²) in [5.74, 6) is 0.125. The lowest BCUT2D eigenvalue weighted by molar-refractivity contribution is -0.261. The molecule has 1 heterocycles. The van der Waals surface area contributed by atoms with Gasteiger partial charge in [0.1, 0.15) is 0 Å². The molecule has 1 aliphatic rings. The van der Waals surface area contributed by atoms with E-state index in [0.29, 0.717) is 6.29 Å². The van der Waals surface area contributed by atoms with Crippen molar-refractivity contribution < 1.29 is 14.7 Å². The van der Waals surface area contributed by atoms with Crippen LogP contribution in [-0.2, 0) is 14.7 Å². The molecule has 0 unspecified atom stereocenters. The first kappa shape index (κ1) is 4.83. The van der Waals surface area contributed by atoms with Crippen LogP contribution in [-0.4, -0.2) is 12.5 Å². The molecule has 0 aromatic rings. The number of aldehydes is 1. The second kappa shape index (κ2) is 2.11. The normalized spacial score (nSPS) is 15.8. The van der Waals surface area contributed by atoms with E-state index < -0.39 is 0 Å². The van der Waals surface area contributed by atoms with E-state index in [2.05, 4.69) is 15.0 Å². The van der Waals surface area contributed by atoms with Crippen molar-refractivity contribution >= 4 is 12.5 Å². The van der Waals surface area contributed by atoms with Gasteiger partial charge in [0.15, 0.2) is 6.29 Å². The molecular formula is C4H3NO3. The maximum Gasteiger partial charge on any atom is 0.222 e.